The van der Waals surface area contributed by atoms with E-state index < -0.39 is 11.7 Å². The minimum absolute atomic E-state index is 0.0966. The van der Waals surface area contributed by atoms with Gasteiger partial charge in [0.25, 0.3) is 0 Å². The Kier molecular flexibility index (Phi) is 3.37. The number of amides is 1. The van der Waals surface area contributed by atoms with E-state index in [4.69, 9.17) is 5.73 Å². The molecule has 1 radical (unpaired) electrons. The maximum absolute atomic E-state index is 13.0. The van der Waals surface area contributed by atoms with E-state index in [1.807, 2.05) is 0 Å². The van der Waals surface area contributed by atoms with E-state index in [1.54, 1.807) is 18.6 Å². The summed E-state index contributed by atoms with van der Waals surface area (Å²) in [6.07, 6.45) is 1.64. The molecule has 2 N–H and O–H groups in total. The molecular weight excluding hydrogens is 236 g/mol. The zero-order chi connectivity index (χ0) is 13.1. The molecule has 0 saturated heterocycles. The first-order valence-electron chi connectivity index (χ1n) is 5.26. The Hall–Kier alpha value is -2.23. The Morgan fingerprint density at radius 3 is 2.22 bits per heavy atom. The maximum atomic E-state index is 13.0. The normalized spacial score (nSPS) is 10.3. The molecule has 0 fully saturated rings. The van der Waals surface area contributed by atoms with Crippen molar-refractivity contribution in [2.24, 2.45) is 5.73 Å². The molecule has 0 spiro atoms. The summed E-state index contributed by atoms with van der Waals surface area (Å²) >= 11 is 0. The number of nitrogens with two attached hydrogens (primary N) is 1. The van der Waals surface area contributed by atoms with E-state index in [0.29, 0.717) is 11.1 Å². The molecule has 0 atom stereocenters. The van der Waals surface area contributed by atoms with E-state index in [0.717, 1.165) is 6.07 Å². The highest BCUT2D eigenvalue weighted by molar-refractivity contribution is 5.95. The Morgan fingerprint density at radius 2 is 1.61 bits per heavy atom. The van der Waals surface area contributed by atoms with Crippen molar-refractivity contribution in [1.29, 1.82) is 0 Å². The zero-order valence-corrected chi connectivity index (χ0v) is 9.36. The van der Waals surface area contributed by atoms with Crippen molar-refractivity contribution in [3.05, 3.63) is 77.2 Å². The first-order chi connectivity index (χ1) is 8.56. The lowest BCUT2D eigenvalue weighted by atomic mass is 9.99. The number of hydrogen-bond donors (Lipinski definition) is 1. The van der Waals surface area contributed by atoms with Crippen molar-refractivity contribution in [2.45, 2.75) is 0 Å². The third-order valence-electron chi connectivity index (χ3n) is 2.47. The van der Waals surface area contributed by atoms with Gasteiger partial charge in [-0.25, -0.2) is 8.78 Å². The van der Waals surface area contributed by atoms with Crippen LogP contribution in [0.3, 0.4) is 0 Å². The largest absolute Gasteiger partial charge is 0.366 e. The fraction of sp³-hybridized carbons (Fsp3) is 0. The molecular formula is C14H10F2NO. The summed E-state index contributed by atoms with van der Waals surface area (Å²) < 4.78 is 25.8. The van der Waals surface area contributed by atoms with Crippen LogP contribution in [0.25, 0.3) is 0 Å². The molecule has 2 rings (SSSR count). The number of benzene rings is 2. The van der Waals surface area contributed by atoms with Crippen LogP contribution in [0.5, 0.6) is 0 Å². The molecule has 18 heavy (non-hydrogen) atoms. The first kappa shape index (κ1) is 12.2. The molecule has 0 heterocycles. The average molecular weight is 246 g/mol. The van der Waals surface area contributed by atoms with Crippen LogP contribution in [0.2, 0.25) is 0 Å². The van der Waals surface area contributed by atoms with Gasteiger partial charge in [-0.05, 0) is 35.4 Å². The Morgan fingerprint density at radius 1 is 1.00 bits per heavy atom. The van der Waals surface area contributed by atoms with Crippen LogP contribution >= 0.6 is 0 Å². The molecule has 1 amide bonds. The van der Waals surface area contributed by atoms with Crippen molar-refractivity contribution in [3.63, 3.8) is 0 Å². The summed E-state index contributed by atoms with van der Waals surface area (Å²) in [4.78, 5) is 11.2. The van der Waals surface area contributed by atoms with E-state index >= 15 is 0 Å². The number of hydrogen-bond acceptors (Lipinski definition) is 1. The molecule has 0 bridgehead atoms. The molecule has 2 aromatic rings. The summed E-state index contributed by atoms with van der Waals surface area (Å²) in [5.74, 6) is -1.58. The minimum atomic E-state index is -0.706. The molecule has 0 aromatic heterocycles. The number of rotatable bonds is 3. The first-order valence-corrected chi connectivity index (χ1v) is 5.26. The van der Waals surface area contributed by atoms with Gasteiger partial charge in [-0.2, -0.15) is 0 Å². The van der Waals surface area contributed by atoms with Gasteiger partial charge >= 0.3 is 0 Å². The molecule has 0 saturated carbocycles. The van der Waals surface area contributed by atoms with Crippen LogP contribution in [0.1, 0.15) is 21.5 Å². The fourth-order valence-corrected chi connectivity index (χ4v) is 1.61. The van der Waals surface area contributed by atoms with Gasteiger partial charge in [-0.3, -0.25) is 4.79 Å². The molecule has 2 aromatic carbocycles. The highest BCUT2D eigenvalue weighted by Crippen LogP contribution is 2.17. The standard InChI is InChI=1S/C14H10F2NO/c15-11-4-1-9(2-5-11)7-10-3-6-12(16)8-13(10)14(17)18/h1-8H,(H2,17,18). The van der Waals surface area contributed by atoms with E-state index in [9.17, 15) is 13.6 Å². The van der Waals surface area contributed by atoms with Gasteiger partial charge in [0.05, 0.1) is 0 Å². The van der Waals surface area contributed by atoms with Crippen molar-refractivity contribution in [1.82, 2.24) is 0 Å². The van der Waals surface area contributed by atoms with Crippen LogP contribution in [0.15, 0.2) is 42.5 Å². The van der Waals surface area contributed by atoms with Crippen LogP contribution in [-0.2, 0) is 0 Å². The van der Waals surface area contributed by atoms with Gasteiger partial charge in [0.15, 0.2) is 0 Å². The van der Waals surface area contributed by atoms with E-state index in [1.165, 1.54) is 24.3 Å². The van der Waals surface area contributed by atoms with Gasteiger partial charge in [0.1, 0.15) is 11.6 Å². The van der Waals surface area contributed by atoms with Crippen molar-refractivity contribution in [2.75, 3.05) is 0 Å². The smallest absolute Gasteiger partial charge is 0.249 e. The summed E-state index contributed by atoms with van der Waals surface area (Å²) in [7, 11) is 0. The summed E-state index contributed by atoms with van der Waals surface area (Å²) in [5, 5.41) is 0. The number of carbonyl (C=O) groups excluding carboxylic acids is 1. The number of halogens is 2. The quantitative estimate of drug-likeness (QED) is 0.888. The fourth-order valence-electron chi connectivity index (χ4n) is 1.61. The molecule has 0 aliphatic heterocycles. The van der Waals surface area contributed by atoms with Gasteiger partial charge < -0.3 is 5.73 Å². The maximum Gasteiger partial charge on any atom is 0.249 e. The Balaban J connectivity index is 2.34. The van der Waals surface area contributed by atoms with Gasteiger partial charge in [0, 0.05) is 12.0 Å². The second-order valence-corrected chi connectivity index (χ2v) is 3.79. The van der Waals surface area contributed by atoms with Gasteiger partial charge in [-0.1, -0.05) is 18.2 Å². The number of primary amides is 1. The van der Waals surface area contributed by atoms with Crippen molar-refractivity contribution < 1.29 is 13.6 Å². The minimum Gasteiger partial charge on any atom is -0.366 e. The summed E-state index contributed by atoms with van der Waals surface area (Å²) in [5.41, 5.74) is 6.47. The lowest BCUT2D eigenvalue weighted by molar-refractivity contribution is 0.0999. The Labute approximate surface area is 103 Å². The van der Waals surface area contributed by atoms with E-state index in [-0.39, 0.29) is 11.4 Å². The Bertz CT molecular complexity index is 579. The van der Waals surface area contributed by atoms with Crippen LogP contribution in [0, 0.1) is 18.1 Å². The molecule has 2 nitrogen and oxygen atoms in total. The average Bonchev–Trinajstić information content (AvgIpc) is 2.34. The van der Waals surface area contributed by atoms with Crippen molar-refractivity contribution >= 4 is 5.91 Å². The van der Waals surface area contributed by atoms with Gasteiger partial charge in [-0.15, -0.1) is 0 Å². The van der Waals surface area contributed by atoms with Crippen LogP contribution in [0.4, 0.5) is 8.78 Å². The zero-order valence-electron chi connectivity index (χ0n) is 9.36. The lowest BCUT2D eigenvalue weighted by Gasteiger charge is -2.06. The SMILES string of the molecule is NC(=O)c1cc(F)ccc1[CH]c1ccc(F)cc1. The monoisotopic (exact) mass is 246 g/mol. The van der Waals surface area contributed by atoms with E-state index in [2.05, 4.69) is 0 Å². The third kappa shape index (κ3) is 2.71. The second kappa shape index (κ2) is 4.96. The van der Waals surface area contributed by atoms with Gasteiger partial charge in [0.2, 0.25) is 5.91 Å². The topological polar surface area (TPSA) is 43.1 Å². The van der Waals surface area contributed by atoms with Crippen LogP contribution < -0.4 is 5.73 Å². The van der Waals surface area contributed by atoms with Crippen molar-refractivity contribution in [3.8, 4) is 0 Å². The highest BCUT2D eigenvalue weighted by Gasteiger charge is 2.10. The lowest BCUT2D eigenvalue weighted by Crippen LogP contribution is -2.14. The third-order valence-corrected chi connectivity index (χ3v) is 2.47. The second-order valence-electron chi connectivity index (χ2n) is 3.79. The predicted molar refractivity (Wildman–Crippen MR) is 63.8 cm³/mol. The number of carbonyl (C=O) groups is 1. The van der Waals surface area contributed by atoms with Crippen LogP contribution in [-0.4, -0.2) is 5.91 Å². The summed E-state index contributed by atoms with van der Waals surface area (Å²) in [6, 6.07) is 9.50. The molecule has 0 aliphatic rings. The molecule has 91 valence electrons. The molecule has 4 heteroatoms. The summed E-state index contributed by atoms with van der Waals surface area (Å²) in [6.45, 7) is 0. The highest BCUT2D eigenvalue weighted by atomic mass is 19.1. The molecule has 0 unspecified atom stereocenters. The molecule has 0 aliphatic carbocycles. The predicted octanol–water partition coefficient (Wildman–Crippen LogP) is 2.66.